The van der Waals surface area contributed by atoms with Gasteiger partial charge < -0.3 is 0 Å². The molecule has 2 aromatic rings. The van der Waals surface area contributed by atoms with Gasteiger partial charge in [-0.05, 0) is 72.3 Å². The molecule has 1 fully saturated rings. The van der Waals surface area contributed by atoms with Crippen molar-refractivity contribution < 1.29 is 0 Å². The summed E-state index contributed by atoms with van der Waals surface area (Å²) in [5.74, 6) is 2.91. The minimum Gasteiger partial charge on any atom is -0.0628 e. The molecule has 3 rings (SSSR count). The molecular formula is C26H36. The summed E-state index contributed by atoms with van der Waals surface area (Å²) in [4.78, 5) is 0. The summed E-state index contributed by atoms with van der Waals surface area (Å²) in [5, 5.41) is 0. The predicted molar refractivity (Wildman–Crippen MR) is 114 cm³/mol. The van der Waals surface area contributed by atoms with Crippen molar-refractivity contribution >= 4 is 0 Å². The lowest BCUT2D eigenvalue weighted by Gasteiger charge is -2.50. The number of hydrogen-bond acceptors (Lipinski definition) is 0. The van der Waals surface area contributed by atoms with E-state index in [0.717, 1.165) is 11.8 Å². The Morgan fingerprint density at radius 1 is 0.731 bits per heavy atom. The normalized spacial score (nSPS) is 22.7. The smallest absolute Gasteiger partial charge is 0.0105 e. The Morgan fingerprint density at radius 3 is 1.73 bits per heavy atom. The Bertz CT molecular complexity index is 643. The Hall–Kier alpha value is -1.56. The van der Waals surface area contributed by atoms with Crippen molar-refractivity contribution in [1.82, 2.24) is 0 Å². The minimum absolute atomic E-state index is 0.419. The molecule has 140 valence electrons. The molecule has 0 bridgehead atoms. The van der Waals surface area contributed by atoms with Crippen LogP contribution in [0.15, 0.2) is 60.7 Å². The zero-order chi connectivity index (χ0) is 18.6. The van der Waals surface area contributed by atoms with Gasteiger partial charge in [-0.1, -0.05) is 88.4 Å². The standard InChI is InChI=1S/C26H36/c1-20(2)17-26(18-21(3)4)19-24(22-11-7-5-8-12-22)15-16-25(26)23-13-9-6-10-14-23/h5-14,20-21,24-25H,15-19H2,1-4H3. The Kier molecular flexibility index (Phi) is 6.22. The van der Waals surface area contributed by atoms with Crippen LogP contribution >= 0.6 is 0 Å². The molecule has 1 saturated carbocycles. The number of benzene rings is 2. The molecule has 0 aliphatic heterocycles. The van der Waals surface area contributed by atoms with Crippen molar-refractivity contribution in [2.45, 2.75) is 71.6 Å². The fraction of sp³-hybridized carbons (Fsp3) is 0.538. The summed E-state index contributed by atoms with van der Waals surface area (Å²) in [5.41, 5.74) is 3.54. The van der Waals surface area contributed by atoms with E-state index in [1.807, 2.05) is 0 Å². The lowest BCUT2D eigenvalue weighted by Crippen LogP contribution is -2.37. The molecule has 2 atom stereocenters. The number of rotatable bonds is 6. The largest absolute Gasteiger partial charge is 0.0628 e. The van der Waals surface area contributed by atoms with Gasteiger partial charge in [-0.3, -0.25) is 0 Å². The van der Waals surface area contributed by atoms with E-state index in [1.165, 1.54) is 32.1 Å². The third kappa shape index (κ3) is 4.40. The first-order valence-electron chi connectivity index (χ1n) is 10.6. The van der Waals surface area contributed by atoms with Crippen LogP contribution in [-0.4, -0.2) is 0 Å². The summed E-state index contributed by atoms with van der Waals surface area (Å²) in [7, 11) is 0. The van der Waals surface area contributed by atoms with Gasteiger partial charge in [0.2, 0.25) is 0 Å². The molecule has 0 saturated heterocycles. The number of hydrogen-bond donors (Lipinski definition) is 0. The molecule has 2 unspecified atom stereocenters. The van der Waals surface area contributed by atoms with Crippen LogP contribution in [0.2, 0.25) is 0 Å². The van der Waals surface area contributed by atoms with Gasteiger partial charge in [-0.25, -0.2) is 0 Å². The first kappa shape index (κ1) is 19.2. The Morgan fingerprint density at radius 2 is 1.23 bits per heavy atom. The SMILES string of the molecule is CC(C)CC1(CC(C)C)CC(c2ccccc2)CCC1c1ccccc1. The highest BCUT2D eigenvalue weighted by Crippen LogP contribution is 2.57. The van der Waals surface area contributed by atoms with Crippen LogP contribution in [0.3, 0.4) is 0 Å². The van der Waals surface area contributed by atoms with Gasteiger partial charge in [-0.15, -0.1) is 0 Å². The maximum Gasteiger partial charge on any atom is -0.0105 e. The van der Waals surface area contributed by atoms with Gasteiger partial charge in [0.1, 0.15) is 0 Å². The predicted octanol–water partition coefficient (Wildman–Crippen LogP) is 7.82. The molecule has 0 amide bonds. The molecule has 2 aromatic carbocycles. The first-order valence-corrected chi connectivity index (χ1v) is 10.6. The second kappa shape index (κ2) is 8.42. The highest BCUT2D eigenvalue weighted by atomic mass is 14.5. The average Bonchev–Trinajstić information content (AvgIpc) is 2.62. The van der Waals surface area contributed by atoms with E-state index in [4.69, 9.17) is 0 Å². The van der Waals surface area contributed by atoms with Gasteiger partial charge in [0.15, 0.2) is 0 Å². The van der Waals surface area contributed by atoms with E-state index in [-0.39, 0.29) is 0 Å². The molecule has 26 heavy (non-hydrogen) atoms. The average molecular weight is 349 g/mol. The molecule has 0 radical (unpaired) electrons. The molecule has 1 aliphatic rings. The van der Waals surface area contributed by atoms with Crippen molar-refractivity contribution in [2.24, 2.45) is 17.3 Å². The molecule has 0 nitrogen and oxygen atoms in total. The first-order chi connectivity index (χ1) is 12.5. The minimum atomic E-state index is 0.419. The highest BCUT2D eigenvalue weighted by Gasteiger charge is 2.45. The zero-order valence-electron chi connectivity index (χ0n) is 17.1. The fourth-order valence-corrected chi connectivity index (χ4v) is 5.78. The topological polar surface area (TPSA) is 0 Å². The van der Waals surface area contributed by atoms with Crippen molar-refractivity contribution in [3.8, 4) is 0 Å². The molecule has 0 spiro atoms. The van der Waals surface area contributed by atoms with E-state index < -0.39 is 0 Å². The van der Waals surface area contributed by atoms with Crippen LogP contribution in [0.25, 0.3) is 0 Å². The molecule has 0 heterocycles. The monoisotopic (exact) mass is 348 g/mol. The van der Waals surface area contributed by atoms with E-state index in [0.29, 0.717) is 17.3 Å². The summed E-state index contributed by atoms with van der Waals surface area (Å²) in [6.07, 6.45) is 6.67. The Balaban J connectivity index is 1.98. The molecular weight excluding hydrogens is 312 g/mol. The van der Waals surface area contributed by atoms with Crippen LogP contribution in [-0.2, 0) is 0 Å². The van der Waals surface area contributed by atoms with Crippen LogP contribution in [0.1, 0.15) is 82.8 Å². The lowest BCUT2D eigenvalue weighted by atomic mass is 9.55. The maximum absolute atomic E-state index is 2.41. The second-order valence-corrected chi connectivity index (χ2v) is 9.41. The van der Waals surface area contributed by atoms with Crippen LogP contribution in [0.4, 0.5) is 0 Å². The van der Waals surface area contributed by atoms with Crippen molar-refractivity contribution in [1.29, 1.82) is 0 Å². The van der Waals surface area contributed by atoms with E-state index >= 15 is 0 Å². The van der Waals surface area contributed by atoms with E-state index in [1.54, 1.807) is 11.1 Å². The third-order valence-electron chi connectivity index (χ3n) is 6.30. The van der Waals surface area contributed by atoms with Crippen LogP contribution < -0.4 is 0 Å². The van der Waals surface area contributed by atoms with Crippen molar-refractivity contribution in [3.63, 3.8) is 0 Å². The molecule has 0 aromatic heterocycles. The third-order valence-corrected chi connectivity index (χ3v) is 6.30. The van der Waals surface area contributed by atoms with Gasteiger partial charge >= 0.3 is 0 Å². The van der Waals surface area contributed by atoms with Crippen LogP contribution in [0.5, 0.6) is 0 Å². The summed E-state index contributed by atoms with van der Waals surface area (Å²) >= 11 is 0. The maximum atomic E-state index is 2.41. The van der Waals surface area contributed by atoms with E-state index in [2.05, 4.69) is 88.4 Å². The van der Waals surface area contributed by atoms with Gasteiger partial charge in [-0.2, -0.15) is 0 Å². The van der Waals surface area contributed by atoms with Crippen molar-refractivity contribution in [2.75, 3.05) is 0 Å². The molecule has 0 N–H and O–H groups in total. The zero-order valence-corrected chi connectivity index (χ0v) is 17.1. The molecule has 1 aliphatic carbocycles. The van der Waals surface area contributed by atoms with Crippen LogP contribution in [0, 0.1) is 17.3 Å². The van der Waals surface area contributed by atoms with Gasteiger partial charge in [0.25, 0.3) is 0 Å². The Labute approximate surface area is 161 Å². The van der Waals surface area contributed by atoms with Gasteiger partial charge in [0.05, 0.1) is 0 Å². The quantitative estimate of drug-likeness (QED) is 0.499. The molecule has 0 heteroatoms. The second-order valence-electron chi connectivity index (χ2n) is 9.41. The summed E-state index contributed by atoms with van der Waals surface area (Å²) in [6.45, 7) is 9.65. The van der Waals surface area contributed by atoms with E-state index in [9.17, 15) is 0 Å². The summed E-state index contributed by atoms with van der Waals surface area (Å²) < 4.78 is 0. The summed E-state index contributed by atoms with van der Waals surface area (Å²) in [6, 6.07) is 22.6. The lowest BCUT2D eigenvalue weighted by molar-refractivity contribution is 0.0749. The fourth-order valence-electron chi connectivity index (χ4n) is 5.78. The highest BCUT2D eigenvalue weighted by molar-refractivity contribution is 5.27. The van der Waals surface area contributed by atoms with Crippen molar-refractivity contribution in [3.05, 3.63) is 71.8 Å². The van der Waals surface area contributed by atoms with Gasteiger partial charge in [0, 0.05) is 0 Å².